The van der Waals surface area contributed by atoms with E-state index in [1.807, 2.05) is 28.9 Å². The van der Waals surface area contributed by atoms with E-state index in [0.717, 1.165) is 15.8 Å². The molecule has 0 radical (unpaired) electrons. The Hall–Kier alpha value is -1.88. The van der Waals surface area contributed by atoms with E-state index < -0.39 is 0 Å². The van der Waals surface area contributed by atoms with Crippen molar-refractivity contribution in [3.05, 3.63) is 64.8 Å². The molecule has 0 aliphatic rings. The zero-order chi connectivity index (χ0) is 13.2. The predicted octanol–water partition coefficient (Wildman–Crippen LogP) is 3.81. The van der Waals surface area contributed by atoms with Gasteiger partial charge >= 0.3 is 0 Å². The van der Waals surface area contributed by atoms with Crippen molar-refractivity contribution < 1.29 is 9.13 Å². The summed E-state index contributed by atoms with van der Waals surface area (Å²) in [4.78, 5) is 4.46. The first-order chi connectivity index (χ1) is 9.22. The van der Waals surface area contributed by atoms with Gasteiger partial charge in [0.1, 0.15) is 18.2 Å². The lowest BCUT2D eigenvalue weighted by Crippen LogP contribution is -1.95. The van der Waals surface area contributed by atoms with Crippen LogP contribution in [0.25, 0.3) is 5.65 Å². The van der Waals surface area contributed by atoms with Gasteiger partial charge in [-0.15, -0.1) is 0 Å². The number of imidazole rings is 1. The molecule has 3 aromatic rings. The van der Waals surface area contributed by atoms with Gasteiger partial charge in [0.2, 0.25) is 0 Å². The molecule has 2 heterocycles. The van der Waals surface area contributed by atoms with E-state index >= 15 is 0 Å². The molecule has 1 aromatic carbocycles. The lowest BCUT2D eigenvalue weighted by atomic mass is 10.3. The normalized spacial score (nSPS) is 10.8. The highest BCUT2D eigenvalue weighted by atomic mass is 79.9. The Balaban J connectivity index is 1.78. The summed E-state index contributed by atoms with van der Waals surface area (Å²) in [6.07, 6.45) is 3.83. The fourth-order valence-electron chi connectivity index (χ4n) is 1.79. The summed E-state index contributed by atoms with van der Waals surface area (Å²) >= 11 is 3.45. The average Bonchev–Trinajstić information content (AvgIpc) is 2.83. The lowest BCUT2D eigenvalue weighted by molar-refractivity contribution is 0.301. The summed E-state index contributed by atoms with van der Waals surface area (Å²) in [6, 6.07) is 9.81. The second-order valence-electron chi connectivity index (χ2n) is 4.06. The molecule has 0 saturated heterocycles. The Bertz CT molecular complexity index is 709. The molecule has 96 valence electrons. The van der Waals surface area contributed by atoms with Crippen LogP contribution in [0.15, 0.2) is 53.3 Å². The van der Waals surface area contributed by atoms with Crippen LogP contribution >= 0.6 is 15.9 Å². The van der Waals surface area contributed by atoms with E-state index in [0.29, 0.717) is 12.4 Å². The molecule has 0 unspecified atom stereocenters. The molecule has 19 heavy (non-hydrogen) atoms. The molecular formula is C14H10BrFN2O. The topological polar surface area (TPSA) is 26.5 Å². The molecule has 0 spiro atoms. The SMILES string of the molecule is Fc1ccc(OCc2cn3cccc(Br)c3n2)cc1. The molecular weight excluding hydrogens is 311 g/mol. The zero-order valence-corrected chi connectivity index (χ0v) is 11.5. The van der Waals surface area contributed by atoms with Crippen molar-refractivity contribution in [3.63, 3.8) is 0 Å². The molecule has 0 fully saturated rings. The number of nitrogens with zero attached hydrogens (tertiary/aromatic N) is 2. The van der Waals surface area contributed by atoms with E-state index in [1.165, 1.54) is 12.1 Å². The number of rotatable bonds is 3. The van der Waals surface area contributed by atoms with E-state index in [2.05, 4.69) is 20.9 Å². The van der Waals surface area contributed by atoms with Gasteiger partial charge in [0.15, 0.2) is 5.65 Å². The standard InChI is InChI=1S/C14H10BrFN2O/c15-13-2-1-7-18-8-11(17-14(13)18)9-19-12-5-3-10(16)4-6-12/h1-8H,9H2. The lowest BCUT2D eigenvalue weighted by Gasteiger charge is -2.02. The predicted molar refractivity (Wildman–Crippen MR) is 73.6 cm³/mol. The summed E-state index contributed by atoms with van der Waals surface area (Å²) < 4.78 is 21.2. The van der Waals surface area contributed by atoms with Crippen LogP contribution in [0, 0.1) is 5.82 Å². The Morgan fingerprint density at radius 2 is 2.00 bits per heavy atom. The number of halogens is 2. The van der Waals surface area contributed by atoms with Crippen molar-refractivity contribution in [3.8, 4) is 5.75 Å². The number of pyridine rings is 1. The number of benzene rings is 1. The summed E-state index contributed by atoms with van der Waals surface area (Å²) in [5.74, 6) is 0.349. The molecule has 3 rings (SSSR count). The summed E-state index contributed by atoms with van der Waals surface area (Å²) in [7, 11) is 0. The van der Waals surface area contributed by atoms with Gasteiger partial charge in [-0.3, -0.25) is 0 Å². The van der Waals surface area contributed by atoms with Gasteiger partial charge in [0.25, 0.3) is 0 Å². The fraction of sp³-hybridized carbons (Fsp3) is 0.0714. The first-order valence-corrected chi connectivity index (χ1v) is 6.52. The van der Waals surface area contributed by atoms with Gasteiger partial charge < -0.3 is 9.14 Å². The van der Waals surface area contributed by atoms with Crippen LogP contribution in [0.5, 0.6) is 5.75 Å². The number of ether oxygens (including phenoxy) is 1. The second kappa shape index (κ2) is 5.01. The minimum Gasteiger partial charge on any atom is -0.487 e. The van der Waals surface area contributed by atoms with Crippen LogP contribution in [-0.4, -0.2) is 9.38 Å². The van der Waals surface area contributed by atoms with Gasteiger partial charge in [-0.1, -0.05) is 0 Å². The van der Waals surface area contributed by atoms with E-state index in [4.69, 9.17) is 4.74 Å². The van der Waals surface area contributed by atoms with Crippen LogP contribution < -0.4 is 4.74 Å². The maximum atomic E-state index is 12.8. The van der Waals surface area contributed by atoms with Gasteiger partial charge in [0.05, 0.1) is 10.2 Å². The number of hydrogen-bond donors (Lipinski definition) is 0. The van der Waals surface area contributed by atoms with Crippen LogP contribution in [0.3, 0.4) is 0 Å². The van der Waals surface area contributed by atoms with Gasteiger partial charge in [-0.05, 0) is 52.3 Å². The number of fused-ring (bicyclic) bond motifs is 1. The highest BCUT2D eigenvalue weighted by Gasteiger charge is 2.05. The van der Waals surface area contributed by atoms with E-state index in [-0.39, 0.29) is 5.82 Å². The summed E-state index contributed by atoms with van der Waals surface area (Å²) in [5, 5.41) is 0. The molecule has 2 aromatic heterocycles. The van der Waals surface area contributed by atoms with E-state index in [9.17, 15) is 4.39 Å². The van der Waals surface area contributed by atoms with Crippen molar-refractivity contribution in [2.24, 2.45) is 0 Å². The highest BCUT2D eigenvalue weighted by molar-refractivity contribution is 9.10. The molecule has 3 nitrogen and oxygen atoms in total. The van der Waals surface area contributed by atoms with Crippen LogP contribution in [0.4, 0.5) is 4.39 Å². The summed E-state index contributed by atoms with van der Waals surface area (Å²) in [6.45, 7) is 0.347. The second-order valence-corrected chi connectivity index (χ2v) is 4.92. The molecule has 0 saturated carbocycles. The van der Waals surface area contributed by atoms with Crippen molar-refractivity contribution >= 4 is 21.6 Å². The molecule has 0 aliphatic carbocycles. The Morgan fingerprint density at radius 1 is 1.21 bits per heavy atom. The van der Waals surface area contributed by atoms with E-state index in [1.54, 1.807) is 12.1 Å². The van der Waals surface area contributed by atoms with Crippen LogP contribution in [0.2, 0.25) is 0 Å². The fourth-order valence-corrected chi connectivity index (χ4v) is 2.23. The van der Waals surface area contributed by atoms with Gasteiger partial charge in [-0.25, -0.2) is 9.37 Å². The third-order valence-electron chi connectivity index (χ3n) is 2.69. The number of hydrogen-bond acceptors (Lipinski definition) is 2. The molecule has 5 heteroatoms. The van der Waals surface area contributed by atoms with Crippen LogP contribution in [-0.2, 0) is 6.61 Å². The average molecular weight is 321 g/mol. The number of aromatic nitrogens is 2. The highest BCUT2D eigenvalue weighted by Crippen LogP contribution is 2.18. The molecule has 0 N–H and O–H groups in total. The Labute approximate surface area is 117 Å². The first kappa shape index (κ1) is 12.2. The molecule has 0 aliphatic heterocycles. The molecule has 0 atom stereocenters. The van der Waals surface area contributed by atoms with Crippen molar-refractivity contribution in [2.45, 2.75) is 6.61 Å². The van der Waals surface area contributed by atoms with Crippen LogP contribution in [0.1, 0.15) is 5.69 Å². The third-order valence-corrected chi connectivity index (χ3v) is 3.30. The van der Waals surface area contributed by atoms with Crippen molar-refractivity contribution in [1.82, 2.24) is 9.38 Å². The molecule has 0 bridgehead atoms. The minimum absolute atomic E-state index is 0.274. The summed E-state index contributed by atoms with van der Waals surface area (Å²) in [5.41, 5.74) is 1.66. The van der Waals surface area contributed by atoms with Gasteiger partial charge in [-0.2, -0.15) is 0 Å². The monoisotopic (exact) mass is 320 g/mol. The maximum absolute atomic E-state index is 12.8. The smallest absolute Gasteiger partial charge is 0.151 e. The largest absolute Gasteiger partial charge is 0.487 e. The molecule has 0 amide bonds. The third kappa shape index (κ3) is 2.61. The zero-order valence-electron chi connectivity index (χ0n) is 9.88. The minimum atomic E-state index is -0.274. The first-order valence-electron chi connectivity index (χ1n) is 5.73. The quantitative estimate of drug-likeness (QED) is 0.733. The Morgan fingerprint density at radius 3 is 2.74 bits per heavy atom. The Kier molecular flexibility index (Phi) is 3.21. The maximum Gasteiger partial charge on any atom is 0.151 e. The van der Waals surface area contributed by atoms with Gasteiger partial charge in [0, 0.05) is 12.4 Å². The van der Waals surface area contributed by atoms with Crippen molar-refractivity contribution in [1.29, 1.82) is 0 Å². The van der Waals surface area contributed by atoms with Crippen molar-refractivity contribution in [2.75, 3.05) is 0 Å².